The third-order valence-corrected chi connectivity index (χ3v) is 9.07. The van der Waals surface area contributed by atoms with Gasteiger partial charge in [-0.1, -0.05) is 32.0 Å². The average molecular weight is 702 g/mol. The molecule has 2 aromatic carbocycles. The highest BCUT2D eigenvalue weighted by molar-refractivity contribution is 5.82. The molecule has 7 nitrogen and oxygen atoms in total. The van der Waals surface area contributed by atoms with Gasteiger partial charge in [0, 0.05) is 24.9 Å². The van der Waals surface area contributed by atoms with Gasteiger partial charge in [-0.2, -0.15) is 22.0 Å². The Morgan fingerprint density at radius 3 is 2.26 bits per heavy atom. The number of fused-ring (bicyclic) bond motifs is 1. The van der Waals surface area contributed by atoms with Gasteiger partial charge in [0.1, 0.15) is 6.04 Å². The van der Waals surface area contributed by atoms with Crippen LogP contribution < -0.4 is 10.9 Å². The number of hydrogen-bond donors (Lipinski definition) is 2. The number of hydrogen-bond acceptors (Lipinski definition) is 4. The number of nitrogens with zero attached hydrogens (tertiary/aromatic N) is 2. The zero-order valence-corrected chi connectivity index (χ0v) is 29.2. The van der Waals surface area contributed by atoms with Crippen LogP contribution in [0, 0.1) is 19.8 Å². The van der Waals surface area contributed by atoms with Gasteiger partial charge in [-0.15, -0.1) is 0 Å². The molecule has 1 amide bonds. The largest absolute Gasteiger partial charge is 0.481 e. The summed E-state index contributed by atoms with van der Waals surface area (Å²) in [4.78, 5) is 41.3. The van der Waals surface area contributed by atoms with Crippen molar-refractivity contribution in [2.24, 2.45) is 5.92 Å². The number of aryl methyl sites for hydroxylation is 3. The molecule has 2 atom stereocenters. The summed E-state index contributed by atoms with van der Waals surface area (Å²) in [5.74, 6) is -2.03. The van der Waals surface area contributed by atoms with Crippen LogP contribution in [0.2, 0.25) is 0 Å². The number of benzene rings is 2. The highest BCUT2D eigenvalue weighted by atomic mass is 19.4. The molecular weight excluding hydrogens is 657 g/mol. The summed E-state index contributed by atoms with van der Waals surface area (Å²) in [6.07, 6.45) is -2.73. The lowest BCUT2D eigenvalue weighted by atomic mass is 9.86. The standard InChI is InChI=1S/C38H44F5N3O4/c1-21(2)12-32(46-20-26(10-11-45(5)6)30(18-34(46)47)38(41,42)43)37(50)44-31(19-35(48)49)27-16-25-8-7-9-28(25)29(17-27)36-22(3)13-24(14-23(36)4)15-33(39)40/h13-18,20-21,31-32H,7-12,19H2,1-6H3,(H,44,50)(H,48,49)/t31?,32-/m0/s1. The molecule has 4 rings (SSSR count). The van der Waals surface area contributed by atoms with E-state index in [9.17, 15) is 41.4 Å². The normalized spacial score (nSPS) is 14.1. The number of amides is 1. The Bertz CT molecular complexity index is 1820. The fourth-order valence-electron chi connectivity index (χ4n) is 6.92. The third kappa shape index (κ3) is 9.26. The molecule has 0 spiro atoms. The fraction of sp³-hybridized carbons (Fsp3) is 0.447. The van der Waals surface area contributed by atoms with Gasteiger partial charge in [-0.3, -0.25) is 14.4 Å². The van der Waals surface area contributed by atoms with Crippen molar-refractivity contribution >= 4 is 18.0 Å². The van der Waals surface area contributed by atoms with Crippen LogP contribution in [-0.2, 0) is 35.0 Å². The summed E-state index contributed by atoms with van der Waals surface area (Å²) in [7, 11) is 3.43. The van der Waals surface area contributed by atoms with Gasteiger partial charge in [-0.05, 0) is 122 Å². The van der Waals surface area contributed by atoms with Gasteiger partial charge in [0.25, 0.3) is 11.6 Å². The summed E-state index contributed by atoms with van der Waals surface area (Å²) < 4.78 is 69.1. The van der Waals surface area contributed by atoms with Gasteiger partial charge in [0.2, 0.25) is 5.91 Å². The lowest BCUT2D eigenvalue weighted by Gasteiger charge is -2.27. The van der Waals surface area contributed by atoms with Crippen molar-refractivity contribution in [3.05, 3.63) is 97.5 Å². The van der Waals surface area contributed by atoms with Crippen molar-refractivity contribution in [2.45, 2.75) is 84.5 Å². The van der Waals surface area contributed by atoms with Crippen molar-refractivity contribution in [3.63, 3.8) is 0 Å². The SMILES string of the molecule is Cc1cc(C=C(F)F)cc(C)c1-c1cc(C(CC(=O)O)NC(=O)[C@H](CC(C)C)n2cc(CCN(C)C)c(C(F)(F)F)cc2=O)cc2c1CCC2. The first-order valence-electron chi connectivity index (χ1n) is 16.6. The summed E-state index contributed by atoms with van der Waals surface area (Å²) in [6.45, 7) is 7.56. The quantitative estimate of drug-likeness (QED) is 0.177. The molecule has 0 saturated carbocycles. The molecule has 3 aromatic rings. The molecule has 1 heterocycles. The van der Waals surface area contributed by atoms with Gasteiger partial charge in [0.15, 0.2) is 0 Å². The molecule has 2 N–H and O–H groups in total. The van der Waals surface area contributed by atoms with E-state index in [2.05, 4.69) is 5.32 Å². The zero-order chi connectivity index (χ0) is 37.1. The number of carbonyl (C=O) groups excluding carboxylic acids is 1. The minimum Gasteiger partial charge on any atom is -0.481 e. The Morgan fingerprint density at radius 2 is 1.70 bits per heavy atom. The number of likely N-dealkylation sites (N-methyl/N-ethyl adjacent to an activating group) is 1. The second kappa shape index (κ2) is 15.7. The number of carbonyl (C=O) groups is 2. The monoisotopic (exact) mass is 701 g/mol. The fourth-order valence-corrected chi connectivity index (χ4v) is 6.92. The highest BCUT2D eigenvalue weighted by Gasteiger charge is 2.36. The van der Waals surface area contributed by atoms with Crippen molar-refractivity contribution in [1.82, 2.24) is 14.8 Å². The van der Waals surface area contributed by atoms with Crippen molar-refractivity contribution in [3.8, 4) is 11.1 Å². The Morgan fingerprint density at radius 1 is 1.04 bits per heavy atom. The van der Waals surface area contributed by atoms with Crippen LogP contribution in [0.3, 0.4) is 0 Å². The van der Waals surface area contributed by atoms with Crippen LogP contribution >= 0.6 is 0 Å². The number of pyridine rings is 1. The van der Waals surface area contributed by atoms with E-state index in [1.54, 1.807) is 31.1 Å². The van der Waals surface area contributed by atoms with Crippen LogP contribution in [-0.4, -0.2) is 47.1 Å². The van der Waals surface area contributed by atoms with E-state index in [1.807, 2.05) is 39.8 Å². The van der Waals surface area contributed by atoms with Gasteiger partial charge in [-0.25, -0.2) is 0 Å². The molecule has 0 fully saturated rings. The Kier molecular flexibility index (Phi) is 12.1. The maximum atomic E-state index is 14.1. The summed E-state index contributed by atoms with van der Waals surface area (Å²) in [5.41, 5.74) is 3.94. The third-order valence-electron chi connectivity index (χ3n) is 9.07. The minimum absolute atomic E-state index is 0.0174. The molecule has 0 saturated heterocycles. The average Bonchev–Trinajstić information content (AvgIpc) is 3.46. The molecule has 1 aliphatic carbocycles. The topological polar surface area (TPSA) is 91.6 Å². The molecule has 0 bridgehead atoms. The number of nitrogens with one attached hydrogen (secondary N) is 1. The number of rotatable bonds is 13. The Hall–Kier alpha value is -4.32. The van der Waals surface area contributed by atoms with Crippen LogP contribution in [0.5, 0.6) is 0 Å². The molecular formula is C38H44F5N3O4. The Labute approximate surface area is 288 Å². The molecule has 0 radical (unpaired) electrons. The number of halogens is 5. The van der Waals surface area contributed by atoms with Crippen molar-refractivity contribution in [2.75, 3.05) is 20.6 Å². The van der Waals surface area contributed by atoms with E-state index in [0.717, 1.165) is 69.5 Å². The van der Waals surface area contributed by atoms with Crippen LogP contribution in [0.4, 0.5) is 22.0 Å². The molecule has 0 aliphatic heterocycles. The predicted molar refractivity (Wildman–Crippen MR) is 183 cm³/mol. The summed E-state index contributed by atoms with van der Waals surface area (Å²) in [5, 5.41) is 12.8. The van der Waals surface area contributed by atoms with Gasteiger partial charge < -0.3 is 19.9 Å². The van der Waals surface area contributed by atoms with Gasteiger partial charge >= 0.3 is 12.1 Å². The van der Waals surface area contributed by atoms with Crippen LogP contribution in [0.1, 0.15) is 89.7 Å². The van der Waals surface area contributed by atoms with E-state index >= 15 is 0 Å². The van der Waals surface area contributed by atoms with Crippen molar-refractivity contribution in [1.29, 1.82) is 0 Å². The summed E-state index contributed by atoms with van der Waals surface area (Å²) >= 11 is 0. The maximum Gasteiger partial charge on any atom is 0.416 e. The summed E-state index contributed by atoms with van der Waals surface area (Å²) in [6, 6.07) is 5.31. The predicted octanol–water partition coefficient (Wildman–Crippen LogP) is 7.90. The first-order valence-corrected chi connectivity index (χ1v) is 16.6. The Balaban J connectivity index is 1.81. The number of aliphatic carboxylic acids is 1. The molecule has 1 aromatic heterocycles. The second-order valence-electron chi connectivity index (χ2n) is 13.8. The van der Waals surface area contributed by atoms with Gasteiger partial charge in [0.05, 0.1) is 18.0 Å². The number of carboxylic acid groups (broad SMARTS) is 1. The van der Waals surface area contributed by atoms with E-state index in [0.29, 0.717) is 17.2 Å². The number of aromatic nitrogens is 1. The number of carboxylic acids is 1. The van der Waals surface area contributed by atoms with Crippen LogP contribution in [0.25, 0.3) is 17.2 Å². The lowest BCUT2D eigenvalue weighted by Crippen LogP contribution is -2.40. The first kappa shape index (κ1) is 38.5. The van der Waals surface area contributed by atoms with E-state index in [1.165, 1.54) is 0 Å². The molecule has 50 heavy (non-hydrogen) atoms. The van der Waals surface area contributed by atoms with E-state index in [-0.39, 0.29) is 30.9 Å². The highest BCUT2D eigenvalue weighted by Crippen LogP contribution is 2.40. The first-order chi connectivity index (χ1) is 23.3. The molecule has 1 aliphatic rings. The molecule has 1 unspecified atom stereocenters. The number of alkyl halides is 3. The van der Waals surface area contributed by atoms with E-state index < -0.39 is 53.8 Å². The van der Waals surface area contributed by atoms with Crippen molar-refractivity contribution < 1.29 is 36.6 Å². The lowest BCUT2D eigenvalue weighted by molar-refractivity contribution is -0.139. The molecule has 270 valence electrons. The zero-order valence-electron chi connectivity index (χ0n) is 29.2. The maximum absolute atomic E-state index is 14.1. The minimum atomic E-state index is -4.77. The van der Waals surface area contributed by atoms with E-state index in [4.69, 9.17) is 0 Å². The molecule has 12 heteroatoms. The smallest absolute Gasteiger partial charge is 0.416 e. The van der Waals surface area contributed by atoms with Crippen LogP contribution in [0.15, 0.2) is 47.4 Å². The second-order valence-corrected chi connectivity index (χ2v) is 13.8.